The summed E-state index contributed by atoms with van der Waals surface area (Å²) < 4.78 is 37.8. The van der Waals surface area contributed by atoms with Crippen LogP contribution >= 0.6 is 11.8 Å². The average molecular weight is 332 g/mol. The molecule has 1 aliphatic rings. The van der Waals surface area contributed by atoms with Crippen molar-refractivity contribution in [1.82, 2.24) is 10.6 Å². The molecule has 0 bridgehead atoms. The van der Waals surface area contributed by atoms with Gasteiger partial charge in [0.2, 0.25) is 5.91 Å². The molecule has 1 aromatic rings. The van der Waals surface area contributed by atoms with Crippen LogP contribution in [-0.2, 0) is 11.0 Å². The van der Waals surface area contributed by atoms with Gasteiger partial charge in [0.1, 0.15) is 0 Å². The van der Waals surface area contributed by atoms with Gasteiger partial charge < -0.3 is 10.6 Å². The molecule has 1 saturated heterocycles. The third-order valence-corrected chi connectivity index (χ3v) is 4.56. The van der Waals surface area contributed by atoms with Crippen LogP contribution < -0.4 is 10.6 Å². The highest BCUT2D eigenvalue weighted by Gasteiger charge is 2.30. The fourth-order valence-electron chi connectivity index (χ4n) is 2.34. The summed E-state index contributed by atoms with van der Waals surface area (Å²) in [6, 6.07) is 5.04. The van der Waals surface area contributed by atoms with Crippen LogP contribution in [0.3, 0.4) is 0 Å². The Morgan fingerprint density at radius 2 is 2.23 bits per heavy atom. The second kappa shape index (κ2) is 7.87. The fourth-order valence-corrected chi connectivity index (χ4v) is 3.12. The lowest BCUT2D eigenvalue weighted by Crippen LogP contribution is -2.27. The molecule has 1 aliphatic heterocycles. The van der Waals surface area contributed by atoms with Crippen LogP contribution in [0.25, 0.3) is 0 Å². The highest BCUT2D eigenvalue weighted by atomic mass is 32.2. The molecule has 2 rings (SSSR count). The van der Waals surface area contributed by atoms with E-state index in [4.69, 9.17) is 0 Å². The van der Waals surface area contributed by atoms with Gasteiger partial charge in [-0.15, -0.1) is 11.8 Å². The summed E-state index contributed by atoms with van der Waals surface area (Å²) in [5.74, 6) is 0.592. The number of rotatable bonds is 6. The van der Waals surface area contributed by atoms with Crippen molar-refractivity contribution in [3.63, 3.8) is 0 Å². The number of benzene rings is 1. The van der Waals surface area contributed by atoms with Crippen molar-refractivity contribution >= 4 is 17.7 Å². The van der Waals surface area contributed by atoms with Crippen molar-refractivity contribution in [3.05, 3.63) is 29.8 Å². The van der Waals surface area contributed by atoms with E-state index in [1.165, 1.54) is 6.07 Å². The monoisotopic (exact) mass is 332 g/mol. The Morgan fingerprint density at radius 1 is 1.41 bits per heavy atom. The van der Waals surface area contributed by atoms with Gasteiger partial charge in [0.15, 0.2) is 0 Å². The van der Waals surface area contributed by atoms with Gasteiger partial charge in [-0.05, 0) is 50.0 Å². The first-order valence-corrected chi connectivity index (χ1v) is 8.21. The number of hydrogen-bond acceptors (Lipinski definition) is 3. The van der Waals surface area contributed by atoms with Gasteiger partial charge in [-0.3, -0.25) is 4.79 Å². The minimum Gasteiger partial charge on any atom is -0.355 e. The highest BCUT2D eigenvalue weighted by Crippen LogP contribution is 2.31. The Bertz CT molecular complexity index is 502. The molecule has 122 valence electrons. The zero-order valence-corrected chi connectivity index (χ0v) is 12.9. The number of carbonyl (C=O) groups is 1. The maximum absolute atomic E-state index is 12.6. The van der Waals surface area contributed by atoms with E-state index in [2.05, 4.69) is 10.6 Å². The van der Waals surface area contributed by atoms with Crippen molar-refractivity contribution in [2.75, 3.05) is 25.4 Å². The average Bonchev–Trinajstić information content (AvgIpc) is 2.98. The summed E-state index contributed by atoms with van der Waals surface area (Å²) in [6.07, 6.45) is -2.28. The lowest BCUT2D eigenvalue weighted by atomic mass is 10.1. The lowest BCUT2D eigenvalue weighted by molar-refractivity contribution is -0.137. The van der Waals surface area contributed by atoms with E-state index in [-0.39, 0.29) is 11.7 Å². The second-order valence-electron chi connectivity index (χ2n) is 5.31. The molecule has 22 heavy (non-hydrogen) atoms. The third kappa shape index (κ3) is 5.53. The maximum Gasteiger partial charge on any atom is 0.416 e. The Labute approximate surface area is 132 Å². The highest BCUT2D eigenvalue weighted by molar-refractivity contribution is 8.00. The summed E-state index contributed by atoms with van der Waals surface area (Å²) in [4.78, 5) is 12.2. The molecule has 7 heteroatoms. The standard InChI is InChI=1S/C15H19F3N2OS/c16-15(17,18)12-2-1-3-13(8-12)22-10-14(21)20-7-5-11-4-6-19-9-11/h1-3,8,11,19H,4-7,9-10H2,(H,20,21). The molecule has 0 aromatic heterocycles. The molecule has 0 saturated carbocycles. The van der Waals surface area contributed by atoms with E-state index in [9.17, 15) is 18.0 Å². The van der Waals surface area contributed by atoms with Crippen molar-refractivity contribution in [2.24, 2.45) is 5.92 Å². The second-order valence-corrected chi connectivity index (χ2v) is 6.36. The topological polar surface area (TPSA) is 41.1 Å². The van der Waals surface area contributed by atoms with Crippen LogP contribution in [0, 0.1) is 5.92 Å². The van der Waals surface area contributed by atoms with Crippen molar-refractivity contribution in [1.29, 1.82) is 0 Å². The van der Waals surface area contributed by atoms with E-state index in [1.807, 2.05) is 0 Å². The summed E-state index contributed by atoms with van der Waals surface area (Å²) in [5, 5.41) is 6.08. The molecule has 1 heterocycles. The zero-order chi connectivity index (χ0) is 16.0. The van der Waals surface area contributed by atoms with Crippen LogP contribution in [0.4, 0.5) is 13.2 Å². The number of amides is 1. The van der Waals surface area contributed by atoms with Gasteiger partial charge in [-0.1, -0.05) is 6.07 Å². The molecule has 0 radical (unpaired) electrons. The molecule has 1 unspecified atom stereocenters. The van der Waals surface area contributed by atoms with Gasteiger partial charge >= 0.3 is 6.18 Å². The molecule has 3 nitrogen and oxygen atoms in total. The van der Waals surface area contributed by atoms with Gasteiger partial charge in [0.05, 0.1) is 11.3 Å². The van der Waals surface area contributed by atoms with Crippen LogP contribution in [0.5, 0.6) is 0 Å². The molecular formula is C15H19F3N2OS. The largest absolute Gasteiger partial charge is 0.416 e. The van der Waals surface area contributed by atoms with E-state index in [0.717, 1.165) is 49.8 Å². The molecule has 0 spiro atoms. The molecule has 2 N–H and O–H groups in total. The predicted octanol–water partition coefficient (Wildman–Crippen LogP) is 2.91. The smallest absolute Gasteiger partial charge is 0.355 e. The number of hydrogen-bond donors (Lipinski definition) is 2. The molecule has 1 fully saturated rings. The van der Waals surface area contributed by atoms with Crippen LogP contribution in [0.15, 0.2) is 29.2 Å². The number of nitrogens with one attached hydrogen (secondary N) is 2. The summed E-state index contributed by atoms with van der Waals surface area (Å²) in [7, 11) is 0. The number of carbonyl (C=O) groups excluding carboxylic acids is 1. The van der Waals surface area contributed by atoms with Gasteiger partial charge in [0.25, 0.3) is 0 Å². The first-order valence-electron chi connectivity index (χ1n) is 7.22. The number of halogens is 3. The van der Waals surface area contributed by atoms with Crippen molar-refractivity contribution in [3.8, 4) is 0 Å². The summed E-state index contributed by atoms with van der Waals surface area (Å²) >= 11 is 1.12. The molecule has 1 aromatic carbocycles. The summed E-state index contributed by atoms with van der Waals surface area (Å²) in [5.41, 5.74) is -0.688. The fraction of sp³-hybridized carbons (Fsp3) is 0.533. The minimum absolute atomic E-state index is 0.129. The lowest BCUT2D eigenvalue weighted by Gasteiger charge is -2.10. The Hall–Kier alpha value is -1.21. The van der Waals surface area contributed by atoms with E-state index in [1.54, 1.807) is 6.07 Å². The molecular weight excluding hydrogens is 313 g/mol. The van der Waals surface area contributed by atoms with Crippen molar-refractivity contribution in [2.45, 2.75) is 23.9 Å². The SMILES string of the molecule is O=C(CSc1cccc(C(F)(F)F)c1)NCCC1CCNC1. The summed E-state index contributed by atoms with van der Waals surface area (Å²) in [6.45, 7) is 2.65. The van der Waals surface area contributed by atoms with Gasteiger partial charge in [0, 0.05) is 11.4 Å². The van der Waals surface area contributed by atoms with Crippen molar-refractivity contribution < 1.29 is 18.0 Å². The first-order chi connectivity index (χ1) is 10.4. The quantitative estimate of drug-likeness (QED) is 0.787. The molecule has 1 atom stereocenters. The zero-order valence-electron chi connectivity index (χ0n) is 12.1. The predicted molar refractivity (Wildman–Crippen MR) is 80.8 cm³/mol. The van der Waals surface area contributed by atoms with E-state index in [0.29, 0.717) is 17.4 Å². The molecule has 0 aliphatic carbocycles. The normalized spacial score (nSPS) is 18.4. The van der Waals surface area contributed by atoms with E-state index >= 15 is 0 Å². The van der Waals surface area contributed by atoms with Gasteiger partial charge in [-0.2, -0.15) is 13.2 Å². The molecule has 1 amide bonds. The van der Waals surface area contributed by atoms with Crippen LogP contribution in [-0.4, -0.2) is 31.3 Å². The third-order valence-electron chi connectivity index (χ3n) is 3.57. The Morgan fingerprint density at radius 3 is 2.91 bits per heavy atom. The maximum atomic E-state index is 12.6. The Kier molecular flexibility index (Phi) is 6.14. The number of alkyl halides is 3. The number of thioether (sulfide) groups is 1. The van der Waals surface area contributed by atoms with Gasteiger partial charge in [-0.25, -0.2) is 0 Å². The van der Waals surface area contributed by atoms with Crippen LogP contribution in [0.2, 0.25) is 0 Å². The van der Waals surface area contributed by atoms with E-state index < -0.39 is 11.7 Å². The minimum atomic E-state index is -4.35. The first kappa shape index (κ1) is 17.1. The Balaban J connectivity index is 1.71. The van der Waals surface area contributed by atoms with Crippen LogP contribution in [0.1, 0.15) is 18.4 Å².